The fraction of sp³-hybridized carbons (Fsp3) is 0.259. The maximum absolute atomic E-state index is 14.7. The van der Waals surface area contributed by atoms with Crippen molar-refractivity contribution in [3.8, 4) is 0 Å². The van der Waals surface area contributed by atoms with Gasteiger partial charge in [0.2, 0.25) is 0 Å². The third-order valence-corrected chi connectivity index (χ3v) is 6.46. The van der Waals surface area contributed by atoms with E-state index in [2.05, 4.69) is 5.32 Å². The minimum atomic E-state index is -4.64. The number of halogens is 4. The number of morpholine rings is 1. The summed E-state index contributed by atoms with van der Waals surface area (Å²) in [6.45, 7) is 2.68. The largest absolute Gasteiger partial charge is 0.416 e. The number of non-ortho nitro benzene ring substituents is 1. The molecule has 1 heterocycles. The molecule has 3 aromatic carbocycles. The molecule has 0 bridgehead atoms. The Morgan fingerprint density at radius 3 is 2.36 bits per heavy atom. The molecule has 1 aliphatic heterocycles. The number of carbonyl (C=O) groups excluding carboxylic acids is 2. The average Bonchev–Trinajstić information content (AvgIpc) is 2.88. The summed E-state index contributed by atoms with van der Waals surface area (Å²) < 4.78 is 60.6. The highest BCUT2D eigenvalue weighted by Gasteiger charge is 2.42. The van der Waals surface area contributed by atoms with E-state index in [0.29, 0.717) is 5.56 Å². The molecule has 39 heavy (non-hydrogen) atoms. The Kier molecular flexibility index (Phi) is 7.68. The van der Waals surface area contributed by atoms with Crippen LogP contribution in [-0.4, -0.2) is 40.9 Å². The van der Waals surface area contributed by atoms with Crippen LogP contribution < -0.4 is 5.32 Å². The number of nitrogens with one attached hydrogen (secondary N) is 1. The van der Waals surface area contributed by atoms with Gasteiger partial charge < -0.3 is 15.0 Å². The molecule has 1 N–H and O–H groups in total. The zero-order valence-corrected chi connectivity index (χ0v) is 20.8. The summed E-state index contributed by atoms with van der Waals surface area (Å²) in [5.74, 6) is -2.35. The number of aryl methyl sites for hydroxylation is 2. The zero-order chi connectivity index (χ0) is 28.5. The first-order valence-electron chi connectivity index (χ1n) is 11.8. The Morgan fingerprint density at radius 1 is 1.05 bits per heavy atom. The summed E-state index contributed by atoms with van der Waals surface area (Å²) in [6, 6.07) is 11.3. The molecule has 4 rings (SSSR count). The van der Waals surface area contributed by atoms with Gasteiger partial charge in [-0.05, 0) is 48.7 Å². The van der Waals surface area contributed by atoms with Crippen molar-refractivity contribution in [2.45, 2.75) is 32.2 Å². The molecular formula is C27H23F4N3O5. The Bertz CT molecular complexity index is 1410. The molecule has 0 spiro atoms. The van der Waals surface area contributed by atoms with Gasteiger partial charge in [-0.25, -0.2) is 4.39 Å². The number of nitro groups is 1. The van der Waals surface area contributed by atoms with Gasteiger partial charge in [0.05, 0.1) is 28.7 Å². The molecule has 204 valence electrons. The normalized spacial score (nSPS) is 17.5. The van der Waals surface area contributed by atoms with Crippen molar-refractivity contribution in [1.29, 1.82) is 0 Å². The third-order valence-electron chi connectivity index (χ3n) is 6.46. The molecule has 8 nitrogen and oxygen atoms in total. The number of hydrogen-bond donors (Lipinski definition) is 1. The highest BCUT2D eigenvalue weighted by atomic mass is 19.4. The number of anilines is 1. The van der Waals surface area contributed by atoms with Crippen LogP contribution in [0, 0.1) is 29.8 Å². The van der Waals surface area contributed by atoms with Gasteiger partial charge in [0, 0.05) is 24.4 Å². The van der Waals surface area contributed by atoms with Crippen LogP contribution in [0.1, 0.15) is 38.7 Å². The molecule has 12 heteroatoms. The van der Waals surface area contributed by atoms with E-state index in [9.17, 15) is 37.3 Å². The SMILES string of the molecule is Cc1ccc(NC(=O)[C@@H]2OCCN(C(=O)c3c(C)cccc3F)[C@@H]2c2ccc([N+](=O)[O-])cc2)cc1C(F)(F)F. The predicted molar refractivity (Wildman–Crippen MR) is 133 cm³/mol. The molecule has 1 saturated heterocycles. The highest BCUT2D eigenvalue weighted by Crippen LogP contribution is 2.36. The molecule has 0 radical (unpaired) electrons. The molecule has 1 fully saturated rings. The smallest absolute Gasteiger partial charge is 0.364 e. The summed E-state index contributed by atoms with van der Waals surface area (Å²) in [4.78, 5) is 38.7. The number of rotatable bonds is 5. The Balaban J connectivity index is 1.73. The number of hydrogen-bond acceptors (Lipinski definition) is 5. The number of benzene rings is 3. The standard InChI is InChI=1S/C27H23F4N3O5/c1-15-6-9-18(14-20(15)27(29,30)31)32-25(35)24-23(17-7-10-19(11-8-17)34(37)38)33(12-13-39-24)26(36)22-16(2)4-3-5-21(22)28/h3-11,14,23-24H,12-13H2,1-2H3,(H,32,35)/t23-,24-/m1/s1. The second-order valence-corrected chi connectivity index (χ2v) is 9.03. The van der Waals surface area contributed by atoms with Crippen molar-refractivity contribution in [1.82, 2.24) is 4.90 Å². The van der Waals surface area contributed by atoms with E-state index >= 15 is 0 Å². The van der Waals surface area contributed by atoms with Crippen LogP contribution in [0.25, 0.3) is 0 Å². The molecule has 0 aliphatic carbocycles. The third kappa shape index (κ3) is 5.75. The van der Waals surface area contributed by atoms with Gasteiger partial charge in [-0.15, -0.1) is 0 Å². The fourth-order valence-corrected chi connectivity index (χ4v) is 4.53. The highest BCUT2D eigenvalue weighted by molar-refractivity contribution is 5.99. The van der Waals surface area contributed by atoms with Gasteiger partial charge in [-0.3, -0.25) is 19.7 Å². The molecule has 1 aliphatic rings. The van der Waals surface area contributed by atoms with Crippen LogP contribution in [0.15, 0.2) is 60.7 Å². The fourth-order valence-electron chi connectivity index (χ4n) is 4.53. The van der Waals surface area contributed by atoms with E-state index in [1.165, 1.54) is 54.3 Å². The first kappa shape index (κ1) is 27.7. The van der Waals surface area contributed by atoms with E-state index < -0.39 is 46.4 Å². The predicted octanol–water partition coefficient (Wildman–Crippen LogP) is 5.59. The van der Waals surface area contributed by atoms with Gasteiger partial charge >= 0.3 is 6.18 Å². The van der Waals surface area contributed by atoms with Gasteiger partial charge in [0.1, 0.15) is 5.82 Å². The van der Waals surface area contributed by atoms with E-state index in [4.69, 9.17) is 4.74 Å². The topological polar surface area (TPSA) is 102 Å². The van der Waals surface area contributed by atoms with Crippen LogP contribution in [0.2, 0.25) is 0 Å². The summed E-state index contributed by atoms with van der Waals surface area (Å²) in [5, 5.41) is 13.6. The van der Waals surface area contributed by atoms with Gasteiger partial charge in [-0.1, -0.05) is 30.3 Å². The molecule has 0 unspecified atom stereocenters. The van der Waals surface area contributed by atoms with E-state index in [0.717, 1.165) is 12.1 Å². The van der Waals surface area contributed by atoms with Gasteiger partial charge in [-0.2, -0.15) is 13.2 Å². The van der Waals surface area contributed by atoms with Crippen molar-refractivity contribution in [2.24, 2.45) is 0 Å². The number of carbonyl (C=O) groups is 2. The minimum Gasteiger partial charge on any atom is -0.364 e. The number of alkyl halides is 3. The lowest BCUT2D eigenvalue weighted by atomic mass is 9.95. The summed E-state index contributed by atoms with van der Waals surface area (Å²) in [5.41, 5.74) is -0.911. The monoisotopic (exact) mass is 545 g/mol. The van der Waals surface area contributed by atoms with Crippen LogP contribution in [-0.2, 0) is 15.7 Å². The maximum Gasteiger partial charge on any atom is 0.416 e. The number of nitro benzene ring substituents is 1. The Hall–Kier alpha value is -4.32. The number of nitrogens with zero attached hydrogens (tertiary/aromatic N) is 2. The lowest BCUT2D eigenvalue weighted by Gasteiger charge is -2.41. The molecule has 3 aromatic rings. The van der Waals surface area contributed by atoms with E-state index in [1.807, 2.05) is 0 Å². The minimum absolute atomic E-state index is 0.0322. The summed E-state index contributed by atoms with van der Waals surface area (Å²) in [7, 11) is 0. The van der Waals surface area contributed by atoms with Gasteiger partial charge in [0.15, 0.2) is 6.10 Å². The second kappa shape index (κ2) is 10.8. The van der Waals surface area contributed by atoms with E-state index in [-0.39, 0.29) is 41.2 Å². The van der Waals surface area contributed by atoms with Crippen LogP contribution in [0.5, 0.6) is 0 Å². The van der Waals surface area contributed by atoms with Crippen molar-refractivity contribution in [3.63, 3.8) is 0 Å². The number of amides is 2. The lowest BCUT2D eigenvalue weighted by molar-refractivity contribution is -0.384. The molecule has 2 amide bonds. The van der Waals surface area contributed by atoms with Crippen molar-refractivity contribution >= 4 is 23.2 Å². The average molecular weight is 545 g/mol. The molecule has 0 saturated carbocycles. The maximum atomic E-state index is 14.7. The van der Waals surface area contributed by atoms with Crippen molar-refractivity contribution in [2.75, 3.05) is 18.5 Å². The first-order chi connectivity index (χ1) is 18.4. The van der Waals surface area contributed by atoms with Crippen molar-refractivity contribution in [3.05, 3.63) is 104 Å². The number of ether oxygens (including phenoxy) is 1. The van der Waals surface area contributed by atoms with Crippen molar-refractivity contribution < 1.29 is 36.8 Å². The second-order valence-electron chi connectivity index (χ2n) is 9.03. The van der Waals surface area contributed by atoms with Crippen LogP contribution in [0.3, 0.4) is 0 Å². The molecule has 2 atom stereocenters. The summed E-state index contributed by atoms with van der Waals surface area (Å²) >= 11 is 0. The van der Waals surface area contributed by atoms with Gasteiger partial charge in [0.25, 0.3) is 17.5 Å². The lowest BCUT2D eigenvalue weighted by Crippen LogP contribution is -2.52. The Morgan fingerprint density at radius 2 is 1.74 bits per heavy atom. The Labute approximate surface area is 220 Å². The van der Waals surface area contributed by atoms with E-state index in [1.54, 1.807) is 13.0 Å². The van der Waals surface area contributed by atoms with Crippen LogP contribution >= 0.6 is 0 Å². The summed E-state index contributed by atoms with van der Waals surface area (Å²) in [6.07, 6.45) is -6.07. The molecular weight excluding hydrogens is 522 g/mol. The van der Waals surface area contributed by atoms with Crippen LogP contribution in [0.4, 0.5) is 28.9 Å². The first-order valence-corrected chi connectivity index (χ1v) is 11.8. The quantitative estimate of drug-likeness (QED) is 0.256. The molecule has 0 aromatic heterocycles. The zero-order valence-electron chi connectivity index (χ0n) is 20.8.